The second-order valence-corrected chi connectivity index (χ2v) is 6.05. The van der Waals surface area contributed by atoms with Gasteiger partial charge < -0.3 is 9.84 Å². The van der Waals surface area contributed by atoms with Crippen molar-refractivity contribution in [2.75, 3.05) is 20.2 Å². The van der Waals surface area contributed by atoms with Gasteiger partial charge in [0, 0.05) is 17.7 Å². The first kappa shape index (κ1) is 21.8. The number of ether oxygens (including phenoxy) is 1. The number of benzene rings is 1. The minimum Gasteiger partial charge on any atom is -0.507 e. The molecule has 1 aromatic carbocycles. The quantitative estimate of drug-likeness (QED) is 0.510. The van der Waals surface area contributed by atoms with Gasteiger partial charge in [0.05, 0.1) is 18.7 Å². The molecule has 0 aromatic heterocycles. The molecular weight excluding hydrogens is 347 g/mol. The van der Waals surface area contributed by atoms with E-state index in [1.165, 1.54) is 6.07 Å². The normalized spacial score (nSPS) is 12.7. The third-order valence-electron chi connectivity index (χ3n) is 4.05. The molecule has 0 spiro atoms. The number of halogens is 3. The van der Waals surface area contributed by atoms with E-state index in [1.54, 1.807) is 6.92 Å². The number of hydrogen-bond acceptors (Lipinski definition) is 5. The molecule has 0 heterocycles. The van der Waals surface area contributed by atoms with Gasteiger partial charge in [-0.25, -0.2) is 0 Å². The molecule has 1 unspecified atom stereocenters. The van der Waals surface area contributed by atoms with Crippen LogP contribution in [0.25, 0.3) is 0 Å². The van der Waals surface area contributed by atoms with Gasteiger partial charge in [-0.1, -0.05) is 13.3 Å². The number of rotatable bonds is 9. The van der Waals surface area contributed by atoms with Crippen molar-refractivity contribution in [2.45, 2.75) is 45.3 Å². The molecule has 0 aliphatic heterocycles. The Kier molecular flexibility index (Phi) is 7.90. The summed E-state index contributed by atoms with van der Waals surface area (Å²) in [5.41, 5.74) is -1.85. The molecule has 1 aromatic rings. The van der Waals surface area contributed by atoms with Crippen molar-refractivity contribution in [3.63, 3.8) is 0 Å². The van der Waals surface area contributed by atoms with Gasteiger partial charge >= 0.3 is 6.18 Å². The Morgan fingerprint density at radius 3 is 2.62 bits per heavy atom. The summed E-state index contributed by atoms with van der Waals surface area (Å²) in [6.45, 7) is 4.55. The van der Waals surface area contributed by atoms with Crippen LogP contribution in [-0.4, -0.2) is 48.1 Å². The summed E-state index contributed by atoms with van der Waals surface area (Å²) in [4.78, 5) is 1.86. The topological polar surface area (TPSA) is 80.3 Å². The van der Waals surface area contributed by atoms with E-state index >= 15 is 0 Å². The maximum Gasteiger partial charge on any atom is 0.433 e. The molecule has 26 heavy (non-hydrogen) atoms. The number of phenols is 1. The molecule has 0 radical (unpaired) electrons. The molecule has 0 aliphatic rings. The standard InChI is InChI=1S/C18H24F3N3O2/c1-4-6-13-15(26-10-5-9-24(3)12(2)11-22)8-7-14(16(13)25)17(23)18(19,20)21/h7-8,12,23,25H,4-6,9-10H2,1-3H3. The SMILES string of the molecule is CCCc1c(OCCCN(C)C(C)C#N)ccc(C(=N)C(F)(F)F)c1O. The van der Waals surface area contributed by atoms with Gasteiger partial charge in [-0.3, -0.25) is 10.3 Å². The maximum atomic E-state index is 12.8. The van der Waals surface area contributed by atoms with Crippen LogP contribution in [0.1, 0.15) is 37.8 Å². The van der Waals surface area contributed by atoms with Gasteiger partial charge in [-0.15, -0.1) is 0 Å². The van der Waals surface area contributed by atoms with Gasteiger partial charge in [0.1, 0.15) is 17.2 Å². The minimum absolute atomic E-state index is 0.220. The van der Waals surface area contributed by atoms with E-state index in [-0.39, 0.29) is 11.6 Å². The first-order chi connectivity index (χ1) is 12.1. The molecule has 1 atom stereocenters. The van der Waals surface area contributed by atoms with Gasteiger partial charge in [-0.05, 0) is 38.9 Å². The van der Waals surface area contributed by atoms with Crippen molar-refractivity contribution >= 4 is 5.71 Å². The van der Waals surface area contributed by atoms with Crippen LogP contribution in [-0.2, 0) is 6.42 Å². The Bertz CT molecular complexity index is 669. The molecule has 0 fully saturated rings. The Morgan fingerprint density at radius 1 is 1.42 bits per heavy atom. The van der Waals surface area contributed by atoms with Crippen LogP contribution in [0, 0.1) is 16.7 Å². The number of nitrogens with zero attached hydrogens (tertiary/aromatic N) is 2. The zero-order valence-electron chi connectivity index (χ0n) is 15.2. The van der Waals surface area contributed by atoms with Crippen molar-refractivity contribution in [1.29, 1.82) is 10.7 Å². The third-order valence-corrected chi connectivity index (χ3v) is 4.05. The molecular formula is C18H24F3N3O2. The molecule has 8 heteroatoms. The lowest BCUT2D eigenvalue weighted by atomic mass is 10.00. The number of nitriles is 1. The van der Waals surface area contributed by atoms with Crippen molar-refractivity contribution in [3.8, 4) is 17.6 Å². The fraction of sp³-hybridized carbons (Fsp3) is 0.556. The predicted molar refractivity (Wildman–Crippen MR) is 92.8 cm³/mol. The number of hydrogen-bond donors (Lipinski definition) is 2. The molecule has 0 aliphatic carbocycles. The summed E-state index contributed by atoms with van der Waals surface area (Å²) in [6.07, 6.45) is -3.26. The lowest BCUT2D eigenvalue weighted by Gasteiger charge is -2.20. The largest absolute Gasteiger partial charge is 0.507 e. The van der Waals surface area contributed by atoms with Crippen LogP contribution in [0.3, 0.4) is 0 Å². The molecule has 0 saturated carbocycles. The highest BCUT2D eigenvalue weighted by molar-refractivity contribution is 6.04. The number of aromatic hydroxyl groups is 1. The van der Waals surface area contributed by atoms with Crippen molar-refractivity contribution in [3.05, 3.63) is 23.3 Å². The van der Waals surface area contributed by atoms with E-state index in [2.05, 4.69) is 6.07 Å². The second kappa shape index (κ2) is 9.43. The van der Waals surface area contributed by atoms with Crippen LogP contribution >= 0.6 is 0 Å². The zero-order valence-corrected chi connectivity index (χ0v) is 15.2. The number of nitrogens with one attached hydrogen (secondary N) is 1. The Labute approximate surface area is 151 Å². The summed E-state index contributed by atoms with van der Waals surface area (Å²) < 4.78 is 43.9. The van der Waals surface area contributed by atoms with E-state index in [0.717, 1.165) is 6.07 Å². The van der Waals surface area contributed by atoms with E-state index in [0.29, 0.717) is 38.2 Å². The Balaban J connectivity index is 2.88. The van der Waals surface area contributed by atoms with Crippen molar-refractivity contribution in [1.82, 2.24) is 4.90 Å². The molecule has 1 rings (SSSR count). The average molecular weight is 371 g/mol. The van der Waals surface area contributed by atoms with Crippen molar-refractivity contribution in [2.24, 2.45) is 0 Å². The third kappa shape index (κ3) is 5.63. The lowest BCUT2D eigenvalue weighted by Crippen LogP contribution is -2.29. The maximum absolute atomic E-state index is 12.8. The first-order valence-corrected chi connectivity index (χ1v) is 8.37. The van der Waals surface area contributed by atoms with Crippen LogP contribution in [0.2, 0.25) is 0 Å². The van der Waals surface area contributed by atoms with Crippen LogP contribution in [0.15, 0.2) is 12.1 Å². The lowest BCUT2D eigenvalue weighted by molar-refractivity contribution is -0.0588. The second-order valence-electron chi connectivity index (χ2n) is 6.05. The van der Waals surface area contributed by atoms with Crippen LogP contribution in [0.4, 0.5) is 13.2 Å². The zero-order chi connectivity index (χ0) is 19.9. The molecule has 144 valence electrons. The van der Waals surface area contributed by atoms with Gasteiger partial charge in [0.15, 0.2) is 0 Å². The van der Waals surface area contributed by atoms with E-state index in [4.69, 9.17) is 15.4 Å². The minimum atomic E-state index is -4.83. The summed E-state index contributed by atoms with van der Waals surface area (Å²) in [5, 5.41) is 26.3. The molecule has 0 saturated heterocycles. The molecule has 5 nitrogen and oxygen atoms in total. The molecule has 2 N–H and O–H groups in total. The number of alkyl halides is 3. The first-order valence-electron chi connectivity index (χ1n) is 8.37. The number of phenolic OH excluding ortho intramolecular Hbond substituents is 1. The van der Waals surface area contributed by atoms with E-state index in [9.17, 15) is 18.3 Å². The fourth-order valence-electron chi connectivity index (χ4n) is 2.39. The van der Waals surface area contributed by atoms with Crippen LogP contribution in [0.5, 0.6) is 11.5 Å². The van der Waals surface area contributed by atoms with E-state index in [1.807, 2.05) is 18.9 Å². The highest BCUT2D eigenvalue weighted by Crippen LogP contribution is 2.35. The van der Waals surface area contributed by atoms with E-state index < -0.39 is 23.2 Å². The Morgan fingerprint density at radius 2 is 2.08 bits per heavy atom. The molecule has 0 amide bonds. The predicted octanol–water partition coefficient (Wildman–Crippen LogP) is 3.89. The van der Waals surface area contributed by atoms with Gasteiger partial charge in [-0.2, -0.15) is 18.4 Å². The van der Waals surface area contributed by atoms with Crippen LogP contribution < -0.4 is 4.74 Å². The summed E-state index contributed by atoms with van der Waals surface area (Å²) in [5.74, 6) is -0.235. The van der Waals surface area contributed by atoms with Gasteiger partial charge in [0.25, 0.3) is 0 Å². The smallest absolute Gasteiger partial charge is 0.433 e. The summed E-state index contributed by atoms with van der Waals surface area (Å²) >= 11 is 0. The summed E-state index contributed by atoms with van der Waals surface area (Å²) in [6, 6.07) is 4.33. The Hall–Kier alpha value is -2.27. The monoisotopic (exact) mass is 371 g/mol. The highest BCUT2D eigenvalue weighted by Gasteiger charge is 2.37. The van der Waals surface area contributed by atoms with Crippen molar-refractivity contribution < 1.29 is 23.0 Å². The van der Waals surface area contributed by atoms with Gasteiger partial charge in [0.2, 0.25) is 0 Å². The average Bonchev–Trinajstić information content (AvgIpc) is 2.59. The molecule has 0 bridgehead atoms. The fourth-order valence-corrected chi connectivity index (χ4v) is 2.39. The summed E-state index contributed by atoms with van der Waals surface area (Å²) in [7, 11) is 1.82. The highest BCUT2D eigenvalue weighted by atomic mass is 19.4.